The smallest absolute Gasteiger partial charge is 0.312 e. The van der Waals surface area contributed by atoms with E-state index in [4.69, 9.17) is 4.74 Å². The number of sulfonamides is 1. The predicted octanol–water partition coefficient (Wildman–Crippen LogP) is 3.49. The van der Waals surface area contributed by atoms with Gasteiger partial charge in [0.15, 0.2) is 0 Å². The van der Waals surface area contributed by atoms with Gasteiger partial charge < -0.3 is 9.72 Å². The van der Waals surface area contributed by atoms with E-state index in [1.165, 1.54) is 0 Å². The van der Waals surface area contributed by atoms with Crippen molar-refractivity contribution in [1.29, 1.82) is 0 Å². The molecular formula is C20H23N3O4S. The van der Waals surface area contributed by atoms with Gasteiger partial charge in [0.25, 0.3) is 0 Å². The Balaban J connectivity index is 1.88. The van der Waals surface area contributed by atoms with E-state index in [2.05, 4.69) is 14.7 Å². The molecule has 3 rings (SSSR count). The van der Waals surface area contributed by atoms with Crippen molar-refractivity contribution in [2.24, 2.45) is 0 Å². The third kappa shape index (κ3) is 5.10. The van der Waals surface area contributed by atoms with Crippen LogP contribution in [-0.4, -0.2) is 36.2 Å². The number of hydrogen-bond acceptors (Lipinski definition) is 5. The van der Waals surface area contributed by atoms with Crippen LogP contribution >= 0.6 is 0 Å². The van der Waals surface area contributed by atoms with Crippen LogP contribution in [0.4, 0.5) is 5.69 Å². The van der Waals surface area contributed by atoms with Crippen LogP contribution in [0.5, 0.6) is 0 Å². The molecule has 0 aliphatic rings. The molecule has 0 aliphatic heterocycles. The largest absolute Gasteiger partial charge is 0.460 e. The first-order valence-electron chi connectivity index (χ1n) is 8.77. The highest BCUT2D eigenvalue weighted by atomic mass is 32.2. The number of nitrogens with zero attached hydrogens (tertiary/aromatic N) is 1. The van der Waals surface area contributed by atoms with Crippen molar-refractivity contribution in [2.75, 3.05) is 11.0 Å². The number of aromatic nitrogens is 2. The number of nitrogens with one attached hydrogen (secondary N) is 2. The topological polar surface area (TPSA) is 101 Å². The third-order valence-corrected chi connectivity index (χ3v) is 4.45. The summed E-state index contributed by atoms with van der Waals surface area (Å²) in [7, 11) is -3.32. The molecule has 7 nitrogen and oxygen atoms in total. The lowest BCUT2D eigenvalue weighted by molar-refractivity contribution is -0.153. The maximum Gasteiger partial charge on any atom is 0.312 e. The summed E-state index contributed by atoms with van der Waals surface area (Å²) >= 11 is 0. The Morgan fingerprint density at radius 3 is 2.46 bits per heavy atom. The Kier molecular flexibility index (Phi) is 5.16. The minimum Gasteiger partial charge on any atom is -0.460 e. The molecule has 0 radical (unpaired) electrons. The summed E-state index contributed by atoms with van der Waals surface area (Å²) in [6.45, 7) is 5.49. The lowest BCUT2D eigenvalue weighted by Gasteiger charge is -2.19. The van der Waals surface area contributed by atoms with E-state index < -0.39 is 15.6 Å². The zero-order valence-corrected chi connectivity index (χ0v) is 17.1. The van der Waals surface area contributed by atoms with Crippen LogP contribution in [0.1, 0.15) is 26.5 Å². The normalized spacial score (nSPS) is 12.1. The average molecular weight is 401 g/mol. The molecule has 28 heavy (non-hydrogen) atoms. The van der Waals surface area contributed by atoms with Gasteiger partial charge in [-0.05, 0) is 56.2 Å². The fraction of sp³-hybridized carbons (Fsp3) is 0.300. The number of anilines is 1. The molecule has 1 aromatic carbocycles. The number of esters is 1. The monoisotopic (exact) mass is 401 g/mol. The Hall–Kier alpha value is -2.87. The van der Waals surface area contributed by atoms with E-state index in [1.807, 2.05) is 45.0 Å². The molecule has 8 heteroatoms. The van der Waals surface area contributed by atoms with Crippen molar-refractivity contribution in [3.8, 4) is 11.1 Å². The van der Waals surface area contributed by atoms with Gasteiger partial charge in [-0.1, -0.05) is 12.1 Å². The van der Waals surface area contributed by atoms with Crippen LogP contribution < -0.4 is 4.72 Å². The van der Waals surface area contributed by atoms with Crippen LogP contribution in [-0.2, 0) is 26.0 Å². The average Bonchev–Trinajstić information content (AvgIpc) is 2.94. The minimum atomic E-state index is -3.32. The zero-order chi connectivity index (χ0) is 20.5. The van der Waals surface area contributed by atoms with Crippen LogP contribution in [0.15, 0.2) is 42.6 Å². The van der Waals surface area contributed by atoms with Crippen molar-refractivity contribution >= 4 is 32.7 Å². The van der Waals surface area contributed by atoms with Crippen LogP contribution in [0.2, 0.25) is 0 Å². The van der Waals surface area contributed by atoms with Gasteiger partial charge in [0.1, 0.15) is 11.2 Å². The summed E-state index contributed by atoms with van der Waals surface area (Å²) < 4.78 is 30.5. The second-order valence-electron chi connectivity index (χ2n) is 7.63. The maximum absolute atomic E-state index is 12.1. The van der Waals surface area contributed by atoms with Gasteiger partial charge in [-0.2, -0.15) is 0 Å². The number of fused-ring (bicyclic) bond motifs is 1. The molecule has 2 aromatic heterocycles. The number of H-pyrrole nitrogens is 1. The molecule has 2 heterocycles. The van der Waals surface area contributed by atoms with E-state index in [0.29, 0.717) is 11.3 Å². The summed E-state index contributed by atoms with van der Waals surface area (Å²) in [5.74, 6) is -0.309. The molecule has 0 amide bonds. The third-order valence-electron chi connectivity index (χ3n) is 3.84. The van der Waals surface area contributed by atoms with E-state index >= 15 is 0 Å². The number of hydrogen-bond donors (Lipinski definition) is 2. The number of benzene rings is 1. The highest BCUT2D eigenvalue weighted by Gasteiger charge is 2.18. The summed E-state index contributed by atoms with van der Waals surface area (Å²) in [6, 6.07) is 10.9. The Bertz CT molecular complexity index is 1110. The molecule has 0 aliphatic carbocycles. The highest BCUT2D eigenvalue weighted by molar-refractivity contribution is 7.92. The number of rotatable bonds is 5. The second-order valence-corrected chi connectivity index (χ2v) is 9.38. The van der Waals surface area contributed by atoms with Gasteiger partial charge in [0.2, 0.25) is 10.0 Å². The lowest BCUT2D eigenvalue weighted by atomic mass is 10.0. The van der Waals surface area contributed by atoms with Crippen molar-refractivity contribution in [2.45, 2.75) is 32.8 Å². The zero-order valence-electron chi connectivity index (χ0n) is 16.2. The standard InChI is InChI=1S/C20H23N3O4S/c1-20(2,3)27-18(24)12-15-11-17-16(9-10-21-19(17)22-15)13-5-7-14(8-6-13)23-28(4,25)26/h5-11,23H,12H2,1-4H3,(H,21,22). The summed E-state index contributed by atoms with van der Waals surface area (Å²) in [6.07, 6.45) is 2.93. The first kappa shape index (κ1) is 19.9. The quantitative estimate of drug-likeness (QED) is 0.638. The summed E-state index contributed by atoms with van der Waals surface area (Å²) in [4.78, 5) is 19.6. The van der Waals surface area contributed by atoms with Crippen molar-refractivity contribution in [1.82, 2.24) is 9.97 Å². The second kappa shape index (κ2) is 7.27. The van der Waals surface area contributed by atoms with Crippen molar-refractivity contribution < 1.29 is 17.9 Å². The van der Waals surface area contributed by atoms with Crippen LogP contribution in [0.25, 0.3) is 22.2 Å². The Labute approximate surface area is 164 Å². The Morgan fingerprint density at radius 1 is 1.18 bits per heavy atom. The summed E-state index contributed by atoms with van der Waals surface area (Å²) in [5.41, 5.74) is 3.20. The molecule has 0 saturated heterocycles. The van der Waals surface area contributed by atoms with Gasteiger partial charge in [-0.25, -0.2) is 13.4 Å². The van der Waals surface area contributed by atoms with Gasteiger partial charge in [-0.15, -0.1) is 0 Å². The van der Waals surface area contributed by atoms with E-state index in [9.17, 15) is 13.2 Å². The molecule has 0 spiro atoms. The molecule has 0 bridgehead atoms. The summed E-state index contributed by atoms with van der Waals surface area (Å²) in [5, 5.41) is 0.880. The number of carbonyl (C=O) groups excluding carboxylic acids is 1. The van der Waals surface area contributed by atoms with E-state index in [1.54, 1.807) is 18.3 Å². The maximum atomic E-state index is 12.1. The highest BCUT2D eigenvalue weighted by Crippen LogP contribution is 2.29. The van der Waals surface area contributed by atoms with Crippen LogP contribution in [0, 0.1) is 0 Å². The van der Waals surface area contributed by atoms with E-state index in [-0.39, 0.29) is 12.4 Å². The van der Waals surface area contributed by atoms with Crippen molar-refractivity contribution in [3.05, 3.63) is 48.3 Å². The Morgan fingerprint density at radius 2 is 1.86 bits per heavy atom. The number of ether oxygens (including phenoxy) is 1. The minimum absolute atomic E-state index is 0.129. The fourth-order valence-corrected chi connectivity index (χ4v) is 3.46. The predicted molar refractivity (Wildman–Crippen MR) is 110 cm³/mol. The lowest BCUT2D eigenvalue weighted by Crippen LogP contribution is -2.24. The van der Waals surface area contributed by atoms with E-state index in [0.717, 1.165) is 28.5 Å². The number of aromatic amines is 1. The molecule has 148 valence electrons. The van der Waals surface area contributed by atoms with Crippen molar-refractivity contribution in [3.63, 3.8) is 0 Å². The van der Waals surface area contributed by atoms with Gasteiger partial charge in [0, 0.05) is 23.0 Å². The van der Waals surface area contributed by atoms with Gasteiger partial charge in [-0.3, -0.25) is 9.52 Å². The fourth-order valence-electron chi connectivity index (χ4n) is 2.89. The molecule has 0 unspecified atom stereocenters. The SMILES string of the molecule is CC(C)(C)OC(=O)Cc1cc2c(-c3ccc(NS(C)(=O)=O)cc3)ccnc2[nH]1. The first-order chi connectivity index (χ1) is 13.0. The number of carbonyl (C=O) groups is 1. The molecule has 2 N–H and O–H groups in total. The molecule has 0 atom stereocenters. The van der Waals surface area contributed by atoms with Gasteiger partial charge in [0.05, 0.1) is 12.7 Å². The first-order valence-corrected chi connectivity index (χ1v) is 10.7. The molecule has 3 aromatic rings. The van der Waals surface area contributed by atoms with Crippen LogP contribution in [0.3, 0.4) is 0 Å². The number of pyridine rings is 1. The molecule has 0 fully saturated rings. The van der Waals surface area contributed by atoms with Gasteiger partial charge >= 0.3 is 5.97 Å². The molecular weight excluding hydrogens is 378 g/mol. The molecule has 0 saturated carbocycles.